The highest BCUT2D eigenvalue weighted by Gasteiger charge is 2.28. The number of carbonyl (C=O) groups is 1. The molecule has 2 atom stereocenters. The van der Waals surface area contributed by atoms with Gasteiger partial charge in [0.2, 0.25) is 5.91 Å². The van der Waals surface area contributed by atoms with Gasteiger partial charge in [-0.15, -0.1) is 0 Å². The van der Waals surface area contributed by atoms with Crippen molar-refractivity contribution in [2.75, 3.05) is 33.9 Å². The Labute approximate surface area is 98.3 Å². The van der Waals surface area contributed by atoms with Gasteiger partial charge in [0, 0.05) is 26.2 Å². The fourth-order valence-corrected chi connectivity index (χ4v) is 2.40. The van der Waals surface area contributed by atoms with Crippen molar-refractivity contribution in [2.45, 2.75) is 32.2 Å². The number of nitrogens with zero attached hydrogens (tertiary/aromatic N) is 1. The second-order valence-corrected chi connectivity index (χ2v) is 4.43. The van der Waals surface area contributed by atoms with Gasteiger partial charge in [-0.2, -0.15) is 0 Å². The number of methoxy groups -OCH3 is 1. The lowest BCUT2D eigenvalue weighted by molar-refractivity contribution is -0.134. The van der Waals surface area contributed by atoms with Gasteiger partial charge in [-0.25, -0.2) is 0 Å². The van der Waals surface area contributed by atoms with E-state index in [1.807, 2.05) is 11.9 Å². The summed E-state index contributed by atoms with van der Waals surface area (Å²) >= 11 is 0. The second-order valence-electron chi connectivity index (χ2n) is 4.43. The Hall–Kier alpha value is -0.610. The van der Waals surface area contributed by atoms with Crippen LogP contribution in [0.15, 0.2) is 0 Å². The minimum absolute atomic E-state index is 0.231. The average molecular weight is 228 g/mol. The molecule has 0 aromatic carbocycles. The van der Waals surface area contributed by atoms with E-state index in [-0.39, 0.29) is 5.91 Å². The number of ether oxygens (including phenoxy) is 1. The Morgan fingerprint density at radius 2 is 2.31 bits per heavy atom. The molecule has 0 saturated carbocycles. The number of piperidine rings is 1. The lowest BCUT2D eigenvalue weighted by Crippen LogP contribution is -2.50. The van der Waals surface area contributed by atoms with Gasteiger partial charge in [0.05, 0.1) is 13.0 Å². The first-order valence-corrected chi connectivity index (χ1v) is 6.16. The molecule has 1 rings (SSSR count). The molecular weight excluding hydrogens is 204 g/mol. The molecule has 1 saturated heterocycles. The molecule has 1 aliphatic heterocycles. The number of nitrogens with one attached hydrogen (secondary N) is 1. The lowest BCUT2D eigenvalue weighted by Gasteiger charge is -2.38. The normalized spacial score (nSPS) is 25.8. The zero-order valence-corrected chi connectivity index (χ0v) is 10.7. The van der Waals surface area contributed by atoms with Gasteiger partial charge < -0.3 is 15.0 Å². The third-order valence-corrected chi connectivity index (χ3v) is 3.50. The largest absolute Gasteiger partial charge is 0.384 e. The highest BCUT2D eigenvalue weighted by molar-refractivity contribution is 5.76. The predicted molar refractivity (Wildman–Crippen MR) is 64.3 cm³/mol. The number of hydrogen-bond acceptors (Lipinski definition) is 3. The van der Waals surface area contributed by atoms with E-state index in [4.69, 9.17) is 4.74 Å². The van der Waals surface area contributed by atoms with E-state index < -0.39 is 0 Å². The molecule has 0 radical (unpaired) electrons. The lowest BCUT2D eigenvalue weighted by atomic mass is 9.90. The minimum Gasteiger partial charge on any atom is -0.384 e. The molecule has 1 heterocycles. The maximum Gasteiger partial charge on any atom is 0.224 e. The highest BCUT2D eigenvalue weighted by Crippen LogP contribution is 2.20. The zero-order valence-electron chi connectivity index (χ0n) is 10.7. The van der Waals surface area contributed by atoms with Gasteiger partial charge >= 0.3 is 0 Å². The number of hydrogen-bond donors (Lipinski definition) is 1. The van der Waals surface area contributed by atoms with Gasteiger partial charge in [-0.1, -0.05) is 13.3 Å². The van der Waals surface area contributed by atoms with Crippen molar-refractivity contribution < 1.29 is 9.53 Å². The highest BCUT2D eigenvalue weighted by atomic mass is 16.5. The summed E-state index contributed by atoms with van der Waals surface area (Å²) in [5.41, 5.74) is 0. The molecule has 0 aromatic rings. The monoisotopic (exact) mass is 228 g/mol. The van der Waals surface area contributed by atoms with E-state index in [2.05, 4.69) is 12.2 Å². The van der Waals surface area contributed by atoms with Crippen molar-refractivity contribution in [3.05, 3.63) is 0 Å². The molecule has 1 aliphatic rings. The predicted octanol–water partition coefficient (Wildman–Crippen LogP) is 0.869. The first kappa shape index (κ1) is 13.5. The summed E-state index contributed by atoms with van der Waals surface area (Å²) < 4.78 is 4.94. The summed E-state index contributed by atoms with van der Waals surface area (Å²) in [6.07, 6.45) is 2.70. The molecule has 0 spiro atoms. The van der Waals surface area contributed by atoms with Crippen LogP contribution >= 0.6 is 0 Å². The summed E-state index contributed by atoms with van der Waals surface area (Å²) in [4.78, 5) is 13.8. The van der Waals surface area contributed by atoms with E-state index in [0.29, 0.717) is 25.0 Å². The van der Waals surface area contributed by atoms with E-state index >= 15 is 0 Å². The average Bonchev–Trinajstić information content (AvgIpc) is 2.34. The Balaban J connectivity index is 2.43. The second kappa shape index (κ2) is 6.86. The molecule has 4 nitrogen and oxygen atoms in total. The van der Waals surface area contributed by atoms with Crippen molar-refractivity contribution in [1.29, 1.82) is 0 Å². The van der Waals surface area contributed by atoms with Crippen LogP contribution in [-0.2, 0) is 9.53 Å². The molecule has 0 aromatic heterocycles. The number of rotatable bonds is 5. The van der Waals surface area contributed by atoms with Crippen LogP contribution in [0.3, 0.4) is 0 Å². The van der Waals surface area contributed by atoms with Gasteiger partial charge in [0.25, 0.3) is 0 Å². The van der Waals surface area contributed by atoms with Crippen molar-refractivity contribution >= 4 is 5.91 Å². The van der Waals surface area contributed by atoms with Crippen molar-refractivity contribution in [3.8, 4) is 0 Å². The summed E-state index contributed by atoms with van der Waals surface area (Å²) in [7, 11) is 3.64. The standard InChI is InChI=1S/C12H24N2O2/c1-4-10-9-14(7-5-11(10)13-2)12(15)6-8-16-3/h10-11,13H,4-9H2,1-3H3. The molecule has 0 bridgehead atoms. The summed E-state index contributed by atoms with van der Waals surface area (Å²) in [5.74, 6) is 0.820. The first-order chi connectivity index (χ1) is 7.72. The minimum atomic E-state index is 0.231. The summed E-state index contributed by atoms with van der Waals surface area (Å²) in [5, 5.41) is 3.34. The number of carbonyl (C=O) groups excluding carboxylic acids is 1. The van der Waals surface area contributed by atoms with Crippen LogP contribution in [0, 0.1) is 5.92 Å². The van der Waals surface area contributed by atoms with Crippen LogP contribution in [0.2, 0.25) is 0 Å². The maximum atomic E-state index is 11.8. The van der Waals surface area contributed by atoms with Crippen molar-refractivity contribution in [1.82, 2.24) is 10.2 Å². The first-order valence-electron chi connectivity index (χ1n) is 6.16. The van der Waals surface area contributed by atoms with Crippen LogP contribution in [0.4, 0.5) is 0 Å². The molecule has 4 heteroatoms. The van der Waals surface area contributed by atoms with E-state index in [0.717, 1.165) is 25.9 Å². The maximum absolute atomic E-state index is 11.8. The Kier molecular flexibility index (Phi) is 5.77. The van der Waals surface area contributed by atoms with Crippen LogP contribution in [0.1, 0.15) is 26.2 Å². The fourth-order valence-electron chi connectivity index (χ4n) is 2.40. The molecule has 2 unspecified atom stereocenters. The molecule has 0 aliphatic carbocycles. The molecule has 16 heavy (non-hydrogen) atoms. The van der Waals surface area contributed by atoms with Crippen LogP contribution in [-0.4, -0.2) is 50.7 Å². The molecular formula is C12H24N2O2. The molecule has 1 fully saturated rings. The van der Waals surface area contributed by atoms with Crippen LogP contribution in [0.5, 0.6) is 0 Å². The third kappa shape index (κ3) is 3.46. The SMILES string of the molecule is CCC1CN(C(=O)CCOC)CCC1NC. The Bertz CT molecular complexity index is 221. The number of likely N-dealkylation sites (tertiary alicyclic amines) is 1. The Morgan fingerprint density at radius 3 is 2.88 bits per heavy atom. The molecule has 1 N–H and O–H groups in total. The summed E-state index contributed by atoms with van der Waals surface area (Å²) in [6, 6.07) is 0.566. The van der Waals surface area contributed by atoms with Gasteiger partial charge in [-0.3, -0.25) is 4.79 Å². The van der Waals surface area contributed by atoms with Gasteiger partial charge in [0.1, 0.15) is 0 Å². The molecule has 94 valence electrons. The fraction of sp³-hybridized carbons (Fsp3) is 0.917. The third-order valence-electron chi connectivity index (χ3n) is 3.50. The van der Waals surface area contributed by atoms with E-state index in [1.165, 1.54) is 0 Å². The quantitative estimate of drug-likeness (QED) is 0.759. The van der Waals surface area contributed by atoms with Gasteiger partial charge in [-0.05, 0) is 19.4 Å². The summed E-state index contributed by atoms with van der Waals surface area (Å²) in [6.45, 7) is 4.49. The van der Waals surface area contributed by atoms with Crippen LogP contribution < -0.4 is 5.32 Å². The van der Waals surface area contributed by atoms with E-state index in [9.17, 15) is 4.79 Å². The van der Waals surface area contributed by atoms with Crippen LogP contribution in [0.25, 0.3) is 0 Å². The topological polar surface area (TPSA) is 41.6 Å². The van der Waals surface area contributed by atoms with Crippen molar-refractivity contribution in [2.24, 2.45) is 5.92 Å². The Morgan fingerprint density at radius 1 is 1.56 bits per heavy atom. The number of amides is 1. The zero-order chi connectivity index (χ0) is 12.0. The van der Waals surface area contributed by atoms with Crippen molar-refractivity contribution in [3.63, 3.8) is 0 Å². The smallest absolute Gasteiger partial charge is 0.224 e. The van der Waals surface area contributed by atoms with Gasteiger partial charge in [0.15, 0.2) is 0 Å². The van der Waals surface area contributed by atoms with E-state index in [1.54, 1.807) is 7.11 Å². The molecule has 1 amide bonds.